The molecule has 0 aromatic heterocycles. The summed E-state index contributed by atoms with van der Waals surface area (Å²) in [5.74, 6) is -1.41. The minimum atomic E-state index is -3.84. The fourth-order valence-corrected chi connectivity index (χ4v) is 3.57. The normalized spacial score (nSPS) is 37.7. The van der Waals surface area contributed by atoms with Gasteiger partial charge < -0.3 is 9.84 Å². The van der Waals surface area contributed by atoms with Crippen molar-refractivity contribution in [3.8, 4) is 11.5 Å². The summed E-state index contributed by atoms with van der Waals surface area (Å²) in [4.78, 5) is 0. The molecule has 1 aliphatic heterocycles. The molecule has 0 saturated heterocycles. The van der Waals surface area contributed by atoms with Crippen LogP contribution in [0.2, 0.25) is 0 Å². The number of rotatable bonds is 4. The predicted octanol–water partition coefficient (Wildman–Crippen LogP) is 5.74. The van der Waals surface area contributed by atoms with Crippen molar-refractivity contribution in [1.29, 1.82) is 0 Å². The zero-order valence-corrected chi connectivity index (χ0v) is 13.2. The summed E-state index contributed by atoms with van der Waals surface area (Å²) < 4.78 is 117. The first kappa shape index (κ1) is 6.46. The summed E-state index contributed by atoms with van der Waals surface area (Å²) >= 11 is 0. The van der Waals surface area contributed by atoms with Crippen LogP contribution < -0.4 is 4.74 Å². The molecular formula is C21H30O2. The van der Waals surface area contributed by atoms with Crippen molar-refractivity contribution in [2.75, 3.05) is 0 Å². The molecule has 0 saturated carbocycles. The number of benzene rings is 1. The first-order chi connectivity index (χ1) is 16.3. The number of phenols is 1. The second kappa shape index (κ2) is 6.22. The molecule has 126 valence electrons. The maximum Gasteiger partial charge on any atom is 0.127 e. The molecule has 23 heavy (non-hydrogen) atoms. The lowest BCUT2D eigenvalue weighted by Gasteiger charge is -2.46. The largest absolute Gasteiger partial charge is 0.507 e. The van der Waals surface area contributed by atoms with Gasteiger partial charge in [0, 0.05) is 36.6 Å². The summed E-state index contributed by atoms with van der Waals surface area (Å²) in [6, 6.07) is 1.94. The Labute approximate surface area is 160 Å². The van der Waals surface area contributed by atoms with Crippen molar-refractivity contribution < 1.29 is 29.0 Å². The first-order valence-electron chi connectivity index (χ1n) is 14.6. The predicted molar refractivity (Wildman–Crippen MR) is 95.3 cm³/mol. The van der Waals surface area contributed by atoms with Crippen LogP contribution in [0.15, 0.2) is 23.8 Å². The Morgan fingerprint density at radius 2 is 2.26 bits per heavy atom. The molecule has 3 rings (SSSR count). The van der Waals surface area contributed by atoms with Gasteiger partial charge in [-0.25, -0.2) is 0 Å². The smallest absolute Gasteiger partial charge is 0.127 e. The molecule has 1 aromatic rings. The van der Waals surface area contributed by atoms with Gasteiger partial charge in [-0.3, -0.25) is 0 Å². The summed E-state index contributed by atoms with van der Waals surface area (Å²) in [5, 5.41) is 11.0. The third-order valence-corrected chi connectivity index (χ3v) is 4.59. The topological polar surface area (TPSA) is 29.5 Å². The highest BCUT2D eigenvalue weighted by Crippen LogP contribution is 2.53. The fraction of sp³-hybridized carbons (Fsp3) is 0.619. The second-order valence-electron chi connectivity index (χ2n) is 6.48. The standard InChI is InChI=1S/C21H30O2/c1-5-6-7-8-15-12-18(22)20-16-11-14(2)9-10-17(16)21(3,4)23-19(20)13-15/h11-13,16-17,22H,5-10H2,1-4H3/i1D3,2D3,5D2,6D2,7D2,8D2. The van der Waals surface area contributed by atoms with Crippen LogP contribution in [0.25, 0.3) is 0 Å². The van der Waals surface area contributed by atoms with Crippen LogP contribution in [0.4, 0.5) is 0 Å². The van der Waals surface area contributed by atoms with Gasteiger partial charge in [-0.05, 0) is 64.0 Å². The first-order valence-corrected chi connectivity index (χ1v) is 7.58. The lowest BCUT2D eigenvalue weighted by Crippen LogP contribution is -2.45. The number of hydrogen-bond donors (Lipinski definition) is 1. The summed E-state index contributed by atoms with van der Waals surface area (Å²) in [7, 11) is 0. The highest BCUT2D eigenvalue weighted by atomic mass is 16.5. The molecular weight excluding hydrogens is 284 g/mol. The van der Waals surface area contributed by atoms with Gasteiger partial charge in [0.15, 0.2) is 0 Å². The third-order valence-electron chi connectivity index (χ3n) is 4.59. The van der Waals surface area contributed by atoms with E-state index in [9.17, 15) is 5.11 Å². The van der Waals surface area contributed by atoms with Gasteiger partial charge in [0.2, 0.25) is 0 Å². The van der Waals surface area contributed by atoms with E-state index in [0.29, 0.717) is 12.8 Å². The van der Waals surface area contributed by atoms with Gasteiger partial charge in [-0.2, -0.15) is 0 Å². The van der Waals surface area contributed by atoms with Gasteiger partial charge in [-0.15, -0.1) is 0 Å². The number of aryl methyl sites for hydroxylation is 1. The van der Waals surface area contributed by atoms with E-state index in [-0.39, 0.29) is 22.8 Å². The molecule has 1 aromatic carbocycles. The average Bonchev–Trinajstić information content (AvgIpc) is 2.70. The summed E-state index contributed by atoms with van der Waals surface area (Å²) in [6.45, 7) is -2.44. The van der Waals surface area contributed by atoms with Gasteiger partial charge >= 0.3 is 0 Å². The Balaban J connectivity index is 2.18. The average molecular weight is 329 g/mol. The molecule has 2 aliphatic rings. The molecule has 0 radical (unpaired) electrons. The molecule has 1 aliphatic carbocycles. The molecule has 1 heterocycles. The molecule has 0 fully saturated rings. The van der Waals surface area contributed by atoms with Gasteiger partial charge in [0.1, 0.15) is 17.1 Å². The Bertz CT molecular complexity index is 1100. The fourth-order valence-electron chi connectivity index (χ4n) is 3.57. The molecule has 2 unspecified atom stereocenters. The Morgan fingerprint density at radius 1 is 1.39 bits per heavy atom. The monoisotopic (exact) mass is 328 g/mol. The maximum atomic E-state index is 11.0. The van der Waals surface area contributed by atoms with Crippen molar-refractivity contribution in [3.05, 3.63) is 34.9 Å². The minimum Gasteiger partial charge on any atom is -0.507 e. The number of allylic oxidation sites excluding steroid dienone is 2. The lowest BCUT2D eigenvalue weighted by atomic mass is 9.68. The molecule has 0 bridgehead atoms. The van der Waals surface area contributed by atoms with E-state index in [0.717, 1.165) is 12.1 Å². The van der Waals surface area contributed by atoms with Crippen LogP contribution in [-0.4, -0.2) is 10.7 Å². The van der Waals surface area contributed by atoms with E-state index in [4.69, 9.17) is 23.9 Å². The van der Waals surface area contributed by atoms with E-state index >= 15 is 0 Å². The molecule has 2 heteroatoms. The quantitative estimate of drug-likeness (QED) is 0.715. The summed E-state index contributed by atoms with van der Waals surface area (Å²) in [5.41, 5.74) is -1.08. The summed E-state index contributed by atoms with van der Waals surface area (Å²) in [6.07, 6.45) is -12.4. The highest BCUT2D eigenvalue weighted by molar-refractivity contribution is 5.53. The van der Waals surface area contributed by atoms with Crippen LogP contribution in [0.3, 0.4) is 0 Å². The van der Waals surface area contributed by atoms with Crippen LogP contribution >= 0.6 is 0 Å². The molecule has 2 atom stereocenters. The van der Waals surface area contributed by atoms with Crippen molar-refractivity contribution in [2.45, 2.75) is 77.4 Å². The third kappa shape index (κ3) is 3.13. The maximum absolute atomic E-state index is 11.0. The van der Waals surface area contributed by atoms with Gasteiger partial charge in [0.05, 0.1) is 0 Å². The zero-order valence-electron chi connectivity index (χ0n) is 27.2. The Hall–Kier alpha value is -1.44. The van der Waals surface area contributed by atoms with Crippen LogP contribution in [0.1, 0.15) is 95.7 Å². The lowest BCUT2D eigenvalue weighted by molar-refractivity contribution is 0.0107. The van der Waals surface area contributed by atoms with Crippen molar-refractivity contribution in [2.24, 2.45) is 5.92 Å². The SMILES string of the molecule is [2H]C([2H])([2H])C1=CC2c3c(O)cc(C([2H])([2H])C([2H])([2H])C([2H])([2H])C([2H])([2H])C([2H])([2H])[2H])cc3OC(C)(C)C2CC1. The Morgan fingerprint density at radius 3 is 3.04 bits per heavy atom. The van der Waals surface area contributed by atoms with Crippen molar-refractivity contribution >= 4 is 0 Å². The minimum absolute atomic E-state index is 0.0524. The molecule has 1 N–H and O–H groups in total. The van der Waals surface area contributed by atoms with E-state index in [2.05, 4.69) is 0 Å². The number of hydrogen-bond acceptors (Lipinski definition) is 2. The molecule has 2 nitrogen and oxygen atoms in total. The van der Waals surface area contributed by atoms with Gasteiger partial charge in [0.25, 0.3) is 0 Å². The van der Waals surface area contributed by atoms with E-state index < -0.39 is 62.0 Å². The van der Waals surface area contributed by atoms with Crippen molar-refractivity contribution in [1.82, 2.24) is 0 Å². The Kier molecular flexibility index (Phi) is 1.75. The number of fused-ring (bicyclic) bond motifs is 3. The van der Waals surface area contributed by atoms with E-state index in [1.165, 1.54) is 0 Å². The van der Waals surface area contributed by atoms with Crippen LogP contribution in [-0.2, 0) is 6.37 Å². The van der Waals surface area contributed by atoms with E-state index in [1.54, 1.807) is 19.9 Å². The molecule has 0 spiro atoms. The van der Waals surface area contributed by atoms with Gasteiger partial charge in [-0.1, -0.05) is 31.2 Å². The van der Waals surface area contributed by atoms with E-state index in [1.807, 2.05) is 0 Å². The number of ether oxygens (including phenoxy) is 1. The number of aromatic hydroxyl groups is 1. The van der Waals surface area contributed by atoms with Crippen molar-refractivity contribution in [3.63, 3.8) is 0 Å². The zero-order chi connectivity index (χ0) is 28.8. The highest BCUT2D eigenvalue weighted by Gasteiger charge is 2.45. The second-order valence-corrected chi connectivity index (χ2v) is 6.48. The molecule has 0 amide bonds. The van der Waals surface area contributed by atoms with Crippen LogP contribution in [0, 0.1) is 5.92 Å². The number of phenolic OH excluding ortho intramolecular Hbond substituents is 1. The van der Waals surface area contributed by atoms with Crippen LogP contribution in [0.5, 0.6) is 11.5 Å².